The molecular formula is C20H24O3. The Kier molecular flexibility index (Phi) is 3.38. The quantitative estimate of drug-likeness (QED) is 0.482. The third kappa shape index (κ3) is 2.33. The van der Waals surface area contributed by atoms with Crippen LogP contribution in [0.2, 0.25) is 0 Å². The van der Waals surface area contributed by atoms with E-state index in [1.807, 2.05) is 12.1 Å². The zero-order valence-corrected chi connectivity index (χ0v) is 13.8. The van der Waals surface area contributed by atoms with Crippen molar-refractivity contribution in [3.05, 3.63) is 41.5 Å². The van der Waals surface area contributed by atoms with Crippen molar-refractivity contribution in [2.75, 3.05) is 0 Å². The highest BCUT2D eigenvalue weighted by atomic mass is 16.5. The molecular weight excluding hydrogens is 288 g/mol. The SMILES string of the molecule is CC(=O)Oc1ccc2c(c1)[C@@H](O)CC1C2CCC2(C)C=CCC12. The summed E-state index contributed by atoms with van der Waals surface area (Å²) in [4.78, 5) is 11.2. The molecule has 0 bridgehead atoms. The second-order valence-corrected chi connectivity index (χ2v) is 7.70. The lowest BCUT2D eigenvalue weighted by molar-refractivity contribution is -0.131. The van der Waals surface area contributed by atoms with Crippen LogP contribution in [0.4, 0.5) is 0 Å². The van der Waals surface area contributed by atoms with Gasteiger partial charge in [0.25, 0.3) is 0 Å². The first-order valence-electron chi connectivity index (χ1n) is 8.66. The monoisotopic (exact) mass is 312 g/mol. The van der Waals surface area contributed by atoms with E-state index in [0.717, 1.165) is 18.4 Å². The minimum Gasteiger partial charge on any atom is -0.427 e. The molecule has 4 rings (SSSR count). The molecule has 1 aromatic rings. The third-order valence-electron chi connectivity index (χ3n) is 6.34. The van der Waals surface area contributed by atoms with Crippen LogP contribution >= 0.6 is 0 Å². The van der Waals surface area contributed by atoms with Crippen LogP contribution in [0.1, 0.15) is 62.7 Å². The van der Waals surface area contributed by atoms with E-state index in [-0.39, 0.29) is 5.97 Å². The van der Waals surface area contributed by atoms with Gasteiger partial charge in [-0.25, -0.2) is 0 Å². The summed E-state index contributed by atoms with van der Waals surface area (Å²) in [5, 5.41) is 10.7. The van der Waals surface area contributed by atoms with E-state index in [9.17, 15) is 9.90 Å². The van der Waals surface area contributed by atoms with Gasteiger partial charge in [0.15, 0.2) is 0 Å². The summed E-state index contributed by atoms with van der Waals surface area (Å²) in [5.74, 6) is 1.94. The number of carbonyl (C=O) groups excluding carboxylic acids is 1. The Bertz CT molecular complexity index is 677. The van der Waals surface area contributed by atoms with Gasteiger partial charge in [0, 0.05) is 6.92 Å². The highest BCUT2D eigenvalue weighted by Crippen LogP contribution is 2.60. The van der Waals surface area contributed by atoms with Crippen molar-refractivity contribution in [1.82, 2.24) is 0 Å². The third-order valence-corrected chi connectivity index (χ3v) is 6.34. The normalized spacial score (nSPS) is 37.7. The molecule has 0 heterocycles. The standard InChI is InChI=1S/C20H24O3/c1-12(21)23-13-5-6-14-15-7-9-20(2)8-3-4-18(20)16(15)11-19(22)17(14)10-13/h3,5-6,8,10,15-16,18-19,22H,4,7,9,11H2,1-2H3/t15?,16?,18?,19-,20?/m0/s1. The molecule has 1 N–H and O–H groups in total. The van der Waals surface area contributed by atoms with Gasteiger partial charge in [0.1, 0.15) is 5.75 Å². The van der Waals surface area contributed by atoms with Gasteiger partial charge >= 0.3 is 5.97 Å². The van der Waals surface area contributed by atoms with Crippen molar-refractivity contribution in [3.63, 3.8) is 0 Å². The number of hydrogen-bond donors (Lipinski definition) is 1. The summed E-state index contributed by atoms with van der Waals surface area (Å²) < 4.78 is 5.19. The fourth-order valence-corrected chi connectivity index (χ4v) is 5.28. The fraction of sp³-hybridized carbons (Fsp3) is 0.550. The Morgan fingerprint density at radius 2 is 2.17 bits per heavy atom. The van der Waals surface area contributed by atoms with Crippen LogP contribution in [-0.4, -0.2) is 11.1 Å². The molecule has 0 spiro atoms. The molecule has 5 atom stereocenters. The average molecular weight is 312 g/mol. The van der Waals surface area contributed by atoms with Crippen molar-refractivity contribution < 1.29 is 14.6 Å². The molecule has 122 valence electrons. The second-order valence-electron chi connectivity index (χ2n) is 7.70. The second kappa shape index (κ2) is 5.20. The number of fused-ring (bicyclic) bond motifs is 5. The lowest BCUT2D eigenvalue weighted by Crippen LogP contribution is -2.40. The van der Waals surface area contributed by atoms with Gasteiger partial charge in [0.05, 0.1) is 6.10 Å². The molecule has 3 heteroatoms. The molecule has 0 aromatic heterocycles. The summed E-state index contributed by atoms with van der Waals surface area (Å²) in [6, 6.07) is 5.80. The lowest BCUT2D eigenvalue weighted by atomic mass is 9.55. The molecule has 0 saturated heterocycles. The Morgan fingerprint density at radius 1 is 1.35 bits per heavy atom. The van der Waals surface area contributed by atoms with Crippen LogP contribution in [0.25, 0.3) is 0 Å². The largest absolute Gasteiger partial charge is 0.427 e. The minimum atomic E-state index is -0.454. The number of ether oxygens (including phenoxy) is 1. The van der Waals surface area contributed by atoms with Gasteiger partial charge in [-0.2, -0.15) is 0 Å². The number of hydrogen-bond acceptors (Lipinski definition) is 3. The molecule has 0 aliphatic heterocycles. The number of rotatable bonds is 1. The topological polar surface area (TPSA) is 46.5 Å². The van der Waals surface area contributed by atoms with Crippen LogP contribution in [0.3, 0.4) is 0 Å². The maximum absolute atomic E-state index is 11.2. The highest BCUT2D eigenvalue weighted by Gasteiger charge is 2.49. The van der Waals surface area contributed by atoms with Gasteiger partial charge in [-0.05, 0) is 72.1 Å². The van der Waals surface area contributed by atoms with E-state index in [1.165, 1.54) is 25.3 Å². The minimum absolute atomic E-state index is 0.316. The molecule has 1 aromatic carbocycles. The molecule has 3 aliphatic carbocycles. The Balaban J connectivity index is 1.69. The summed E-state index contributed by atoms with van der Waals surface area (Å²) >= 11 is 0. The van der Waals surface area contributed by atoms with E-state index >= 15 is 0 Å². The number of allylic oxidation sites excluding steroid dienone is 2. The summed E-state index contributed by atoms with van der Waals surface area (Å²) in [5.41, 5.74) is 2.54. The predicted molar refractivity (Wildman–Crippen MR) is 88.1 cm³/mol. The average Bonchev–Trinajstić information content (AvgIpc) is 2.89. The van der Waals surface area contributed by atoms with Gasteiger partial charge in [-0.15, -0.1) is 0 Å². The van der Waals surface area contributed by atoms with E-state index in [2.05, 4.69) is 25.1 Å². The van der Waals surface area contributed by atoms with Crippen molar-refractivity contribution >= 4 is 5.97 Å². The van der Waals surface area contributed by atoms with E-state index < -0.39 is 6.10 Å². The number of carbonyl (C=O) groups is 1. The molecule has 1 fully saturated rings. The highest BCUT2D eigenvalue weighted by molar-refractivity contribution is 5.69. The Morgan fingerprint density at radius 3 is 2.96 bits per heavy atom. The van der Waals surface area contributed by atoms with Crippen LogP contribution in [0.15, 0.2) is 30.4 Å². The van der Waals surface area contributed by atoms with Crippen molar-refractivity contribution in [2.24, 2.45) is 17.3 Å². The van der Waals surface area contributed by atoms with Gasteiger partial charge in [-0.1, -0.05) is 25.1 Å². The smallest absolute Gasteiger partial charge is 0.308 e. The number of aliphatic hydroxyl groups excluding tert-OH is 1. The number of aliphatic hydroxyl groups is 1. The van der Waals surface area contributed by atoms with Crippen LogP contribution in [-0.2, 0) is 4.79 Å². The van der Waals surface area contributed by atoms with E-state index in [0.29, 0.717) is 28.9 Å². The van der Waals surface area contributed by atoms with Crippen LogP contribution in [0.5, 0.6) is 5.75 Å². The first-order chi connectivity index (χ1) is 11.0. The molecule has 0 amide bonds. The maximum Gasteiger partial charge on any atom is 0.308 e. The van der Waals surface area contributed by atoms with Crippen molar-refractivity contribution in [2.45, 2.75) is 51.6 Å². The van der Waals surface area contributed by atoms with Crippen LogP contribution in [0, 0.1) is 17.3 Å². The zero-order chi connectivity index (χ0) is 16.2. The maximum atomic E-state index is 11.2. The van der Waals surface area contributed by atoms with Gasteiger partial charge in [0.2, 0.25) is 0 Å². The summed E-state index contributed by atoms with van der Waals surface area (Å²) in [6.07, 6.45) is 8.64. The molecule has 0 radical (unpaired) electrons. The fourth-order valence-electron chi connectivity index (χ4n) is 5.28. The first-order valence-corrected chi connectivity index (χ1v) is 8.66. The molecule has 4 unspecified atom stereocenters. The Hall–Kier alpha value is -1.61. The van der Waals surface area contributed by atoms with E-state index in [1.54, 1.807) is 0 Å². The Labute approximate surface area is 137 Å². The summed E-state index contributed by atoms with van der Waals surface area (Å²) in [7, 11) is 0. The van der Waals surface area contributed by atoms with Gasteiger partial charge < -0.3 is 9.84 Å². The van der Waals surface area contributed by atoms with Gasteiger partial charge in [-0.3, -0.25) is 4.79 Å². The predicted octanol–water partition coefficient (Wildman–Crippen LogP) is 4.13. The van der Waals surface area contributed by atoms with Crippen LogP contribution < -0.4 is 4.74 Å². The first kappa shape index (κ1) is 14.9. The molecule has 3 aliphatic rings. The molecule has 3 nitrogen and oxygen atoms in total. The lowest BCUT2D eigenvalue weighted by Gasteiger charge is -2.49. The van der Waals surface area contributed by atoms with Crippen molar-refractivity contribution in [1.29, 1.82) is 0 Å². The number of esters is 1. The van der Waals surface area contributed by atoms with E-state index in [4.69, 9.17) is 4.74 Å². The van der Waals surface area contributed by atoms with Crippen molar-refractivity contribution in [3.8, 4) is 5.75 Å². The number of benzene rings is 1. The summed E-state index contributed by atoms with van der Waals surface area (Å²) in [6.45, 7) is 3.78. The molecule has 23 heavy (non-hydrogen) atoms. The molecule has 1 saturated carbocycles. The zero-order valence-electron chi connectivity index (χ0n) is 13.8.